The molecule has 0 amide bonds. The van der Waals surface area contributed by atoms with Crippen LogP contribution in [0.4, 0.5) is 0 Å². The quantitative estimate of drug-likeness (QED) is 0.608. The van der Waals surface area contributed by atoms with Crippen LogP contribution in [0, 0.1) is 0 Å². The molecule has 86 valence electrons. The highest BCUT2D eigenvalue weighted by Gasteiger charge is 2.14. The minimum atomic E-state index is 0.211. The van der Waals surface area contributed by atoms with Crippen LogP contribution in [0.15, 0.2) is 18.2 Å². The van der Waals surface area contributed by atoms with E-state index in [-0.39, 0.29) is 5.78 Å². The Kier molecular flexibility index (Phi) is 3.57. The summed E-state index contributed by atoms with van der Waals surface area (Å²) in [6.07, 6.45) is 3.30. The van der Waals surface area contributed by atoms with Crippen LogP contribution in [-0.2, 0) is 6.42 Å². The van der Waals surface area contributed by atoms with Crippen molar-refractivity contribution in [3.8, 4) is 5.75 Å². The van der Waals surface area contributed by atoms with E-state index in [2.05, 4.69) is 0 Å². The largest absolute Gasteiger partial charge is 0.493 e. The van der Waals surface area contributed by atoms with Gasteiger partial charge in [-0.25, -0.2) is 0 Å². The molecule has 0 saturated carbocycles. The van der Waals surface area contributed by atoms with Crippen LogP contribution in [0.3, 0.4) is 0 Å². The Balaban J connectivity index is 2.01. The molecule has 0 aliphatic carbocycles. The van der Waals surface area contributed by atoms with Gasteiger partial charge in [0.15, 0.2) is 5.78 Å². The third kappa shape index (κ3) is 2.42. The average molecular weight is 219 g/mol. The van der Waals surface area contributed by atoms with Crippen molar-refractivity contribution in [2.75, 3.05) is 13.2 Å². The molecular weight excluding hydrogens is 202 g/mol. The van der Waals surface area contributed by atoms with Crippen LogP contribution < -0.4 is 10.5 Å². The molecule has 3 nitrogen and oxygen atoms in total. The Morgan fingerprint density at radius 1 is 1.38 bits per heavy atom. The number of fused-ring (bicyclic) bond motifs is 1. The minimum absolute atomic E-state index is 0.211. The lowest BCUT2D eigenvalue weighted by Gasteiger charge is -2.03. The van der Waals surface area contributed by atoms with Gasteiger partial charge in [-0.15, -0.1) is 0 Å². The molecule has 1 aliphatic rings. The molecule has 1 aromatic rings. The average Bonchev–Trinajstić information content (AvgIpc) is 2.76. The van der Waals surface area contributed by atoms with Crippen LogP contribution >= 0.6 is 0 Å². The number of ether oxygens (including phenoxy) is 1. The lowest BCUT2D eigenvalue weighted by molar-refractivity contribution is 0.0979. The van der Waals surface area contributed by atoms with Gasteiger partial charge in [0, 0.05) is 18.4 Å². The Hall–Kier alpha value is -1.35. The number of ketones is 1. The fourth-order valence-electron chi connectivity index (χ4n) is 1.93. The minimum Gasteiger partial charge on any atom is -0.493 e. The van der Waals surface area contributed by atoms with E-state index in [1.807, 2.05) is 18.2 Å². The molecule has 2 N–H and O–H groups in total. The van der Waals surface area contributed by atoms with Gasteiger partial charge < -0.3 is 10.5 Å². The highest BCUT2D eigenvalue weighted by atomic mass is 16.5. The Morgan fingerprint density at radius 3 is 3.06 bits per heavy atom. The van der Waals surface area contributed by atoms with Crippen molar-refractivity contribution in [2.45, 2.75) is 25.7 Å². The summed E-state index contributed by atoms with van der Waals surface area (Å²) >= 11 is 0. The molecule has 1 aliphatic heterocycles. The lowest BCUT2D eigenvalue weighted by atomic mass is 10.0. The summed E-state index contributed by atoms with van der Waals surface area (Å²) in [6.45, 7) is 1.39. The van der Waals surface area contributed by atoms with Gasteiger partial charge in [-0.2, -0.15) is 0 Å². The highest BCUT2D eigenvalue weighted by molar-refractivity contribution is 5.96. The van der Waals surface area contributed by atoms with Crippen molar-refractivity contribution < 1.29 is 9.53 Å². The standard InChI is InChI=1S/C13H17NO2/c14-7-2-1-3-12(15)10-4-5-13-11(9-10)6-8-16-13/h4-5,9H,1-3,6-8,14H2. The van der Waals surface area contributed by atoms with Gasteiger partial charge in [-0.3, -0.25) is 4.79 Å². The third-order valence-corrected chi connectivity index (χ3v) is 2.87. The Labute approximate surface area is 95.6 Å². The second-order valence-electron chi connectivity index (χ2n) is 4.09. The fraction of sp³-hybridized carbons (Fsp3) is 0.462. The summed E-state index contributed by atoms with van der Waals surface area (Å²) in [5.74, 6) is 1.14. The van der Waals surface area contributed by atoms with Gasteiger partial charge in [-0.05, 0) is 43.1 Å². The molecule has 1 heterocycles. The number of hydrogen-bond acceptors (Lipinski definition) is 3. The third-order valence-electron chi connectivity index (χ3n) is 2.87. The number of Topliss-reactive ketones (excluding diaryl/α,β-unsaturated/α-hetero) is 1. The SMILES string of the molecule is NCCCCC(=O)c1ccc2c(c1)CCO2. The molecule has 0 unspecified atom stereocenters. The zero-order valence-corrected chi connectivity index (χ0v) is 9.37. The monoisotopic (exact) mass is 219 g/mol. The normalized spacial score (nSPS) is 13.3. The van der Waals surface area contributed by atoms with Crippen molar-refractivity contribution in [1.82, 2.24) is 0 Å². The molecule has 0 atom stereocenters. The van der Waals surface area contributed by atoms with E-state index < -0.39 is 0 Å². The van der Waals surface area contributed by atoms with Gasteiger partial charge in [0.05, 0.1) is 6.61 Å². The van der Waals surface area contributed by atoms with E-state index >= 15 is 0 Å². The van der Waals surface area contributed by atoms with Crippen LogP contribution in [0.2, 0.25) is 0 Å². The van der Waals surface area contributed by atoms with Crippen molar-refractivity contribution in [1.29, 1.82) is 0 Å². The number of carbonyl (C=O) groups is 1. The van der Waals surface area contributed by atoms with Gasteiger partial charge in [-0.1, -0.05) is 0 Å². The zero-order valence-electron chi connectivity index (χ0n) is 9.37. The molecular formula is C13H17NO2. The summed E-state index contributed by atoms with van der Waals surface area (Å²) in [7, 11) is 0. The Morgan fingerprint density at radius 2 is 2.25 bits per heavy atom. The maximum absolute atomic E-state index is 11.8. The predicted octanol–water partition coefficient (Wildman–Crippen LogP) is 1.93. The molecule has 16 heavy (non-hydrogen) atoms. The van der Waals surface area contributed by atoms with Crippen molar-refractivity contribution >= 4 is 5.78 Å². The second-order valence-corrected chi connectivity index (χ2v) is 4.09. The molecule has 0 fully saturated rings. The zero-order chi connectivity index (χ0) is 11.4. The summed E-state index contributed by atoms with van der Waals surface area (Å²) in [5, 5.41) is 0. The molecule has 0 spiro atoms. The van der Waals surface area contributed by atoms with Crippen LogP contribution in [0.1, 0.15) is 35.2 Å². The van der Waals surface area contributed by atoms with Crippen LogP contribution in [0.5, 0.6) is 5.75 Å². The van der Waals surface area contributed by atoms with Gasteiger partial charge in [0.1, 0.15) is 5.75 Å². The molecule has 0 bridgehead atoms. The number of unbranched alkanes of at least 4 members (excludes halogenated alkanes) is 1. The summed E-state index contributed by atoms with van der Waals surface area (Å²) in [4.78, 5) is 11.8. The first-order valence-corrected chi connectivity index (χ1v) is 5.80. The topological polar surface area (TPSA) is 52.3 Å². The number of benzene rings is 1. The van der Waals surface area contributed by atoms with Gasteiger partial charge in [0.25, 0.3) is 0 Å². The van der Waals surface area contributed by atoms with Crippen molar-refractivity contribution in [3.63, 3.8) is 0 Å². The van der Waals surface area contributed by atoms with E-state index in [1.165, 1.54) is 0 Å². The number of carbonyl (C=O) groups excluding carboxylic acids is 1. The molecule has 1 aromatic carbocycles. The summed E-state index contributed by atoms with van der Waals surface area (Å²) in [5.41, 5.74) is 7.36. The van der Waals surface area contributed by atoms with E-state index in [4.69, 9.17) is 10.5 Å². The molecule has 0 aromatic heterocycles. The van der Waals surface area contributed by atoms with E-state index in [0.717, 1.165) is 42.7 Å². The smallest absolute Gasteiger partial charge is 0.162 e. The number of rotatable bonds is 5. The molecule has 2 rings (SSSR count). The van der Waals surface area contributed by atoms with Crippen LogP contribution in [0.25, 0.3) is 0 Å². The highest BCUT2D eigenvalue weighted by Crippen LogP contribution is 2.26. The first-order chi connectivity index (χ1) is 7.81. The molecule has 0 saturated heterocycles. The molecule has 3 heteroatoms. The fourth-order valence-corrected chi connectivity index (χ4v) is 1.93. The van der Waals surface area contributed by atoms with Crippen molar-refractivity contribution in [3.05, 3.63) is 29.3 Å². The van der Waals surface area contributed by atoms with E-state index in [0.29, 0.717) is 13.0 Å². The first-order valence-electron chi connectivity index (χ1n) is 5.80. The summed E-state index contributed by atoms with van der Waals surface area (Å²) < 4.78 is 5.40. The van der Waals surface area contributed by atoms with Gasteiger partial charge >= 0.3 is 0 Å². The Bertz CT molecular complexity index is 388. The van der Waals surface area contributed by atoms with Gasteiger partial charge in [0.2, 0.25) is 0 Å². The van der Waals surface area contributed by atoms with Crippen LogP contribution in [-0.4, -0.2) is 18.9 Å². The maximum atomic E-state index is 11.8. The first kappa shape index (κ1) is 11.1. The molecule has 0 radical (unpaired) electrons. The lowest BCUT2D eigenvalue weighted by Crippen LogP contribution is -2.03. The van der Waals surface area contributed by atoms with E-state index in [1.54, 1.807) is 0 Å². The van der Waals surface area contributed by atoms with Crippen molar-refractivity contribution in [2.24, 2.45) is 5.73 Å². The van der Waals surface area contributed by atoms with E-state index in [9.17, 15) is 4.79 Å². The number of hydrogen-bond donors (Lipinski definition) is 1. The second kappa shape index (κ2) is 5.12. The predicted molar refractivity (Wildman–Crippen MR) is 62.9 cm³/mol. The maximum Gasteiger partial charge on any atom is 0.162 e. The number of nitrogens with two attached hydrogens (primary N) is 1. The summed E-state index contributed by atoms with van der Waals surface area (Å²) in [6, 6.07) is 5.72.